The van der Waals surface area contributed by atoms with Gasteiger partial charge in [0.15, 0.2) is 0 Å². The Kier molecular flexibility index (Phi) is 4.05. The Bertz CT molecular complexity index is 677. The van der Waals surface area contributed by atoms with E-state index >= 15 is 0 Å². The molecular weight excluding hydrogens is 324 g/mol. The first-order valence-electron chi connectivity index (χ1n) is 7.35. The minimum Gasteiger partial charge on any atom is -0.480 e. The van der Waals surface area contributed by atoms with Crippen molar-refractivity contribution in [1.82, 2.24) is 9.62 Å². The molecule has 2 N–H and O–H groups in total. The van der Waals surface area contributed by atoms with Gasteiger partial charge in [0, 0.05) is 6.54 Å². The first kappa shape index (κ1) is 15.9. The van der Waals surface area contributed by atoms with Crippen LogP contribution in [0.5, 0.6) is 0 Å². The van der Waals surface area contributed by atoms with Crippen molar-refractivity contribution in [3.05, 3.63) is 17.0 Å². The summed E-state index contributed by atoms with van der Waals surface area (Å²) >= 11 is 1.16. The Hall–Kier alpha value is -0.960. The molecule has 0 unspecified atom stereocenters. The number of nitrogens with one attached hydrogen (secondary N) is 1. The topological polar surface area (TPSA) is 86.7 Å². The summed E-state index contributed by atoms with van der Waals surface area (Å²) in [6.45, 7) is 3.69. The van der Waals surface area contributed by atoms with Crippen molar-refractivity contribution in [1.29, 1.82) is 0 Å². The minimum absolute atomic E-state index is 0.202. The molecule has 3 heterocycles. The molecule has 22 heavy (non-hydrogen) atoms. The number of carbonyl (C=O) groups is 1. The molecule has 1 aromatic heterocycles. The summed E-state index contributed by atoms with van der Waals surface area (Å²) in [6, 6.07) is 0.800. The van der Waals surface area contributed by atoms with Gasteiger partial charge in [-0.25, -0.2) is 8.42 Å². The predicted molar refractivity (Wildman–Crippen MR) is 83.5 cm³/mol. The van der Waals surface area contributed by atoms with Crippen LogP contribution in [0.1, 0.15) is 24.8 Å². The number of carboxylic acid groups (broad SMARTS) is 1. The summed E-state index contributed by atoms with van der Waals surface area (Å²) in [5.74, 6) is -1.05. The number of thiophene rings is 1. The van der Waals surface area contributed by atoms with E-state index in [0.717, 1.165) is 37.3 Å². The third-order valence-corrected chi connectivity index (χ3v) is 8.29. The van der Waals surface area contributed by atoms with Crippen LogP contribution >= 0.6 is 11.3 Å². The summed E-state index contributed by atoms with van der Waals surface area (Å²) < 4.78 is 27.3. The van der Waals surface area contributed by atoms with Gasteiger partial charge in [-0.15, -0.1) is 11.3 Å². The summed E-state index contributed by atoms with van der Waals surface area (Å²) in [7, 11) is -3.74. The lowest BCUT2D eigenvalue weighted by molar-refractivity contribution is -0.140. The fourth-order valence-electron chi connectivity index (χ4n) is 3.53. The lowest BCUT2D eigenvalue weighted by Gasteiger charge is -2.33. The standard InChI is InChI=1S/C14H20N2O4S2/c1-10-2-7-21-13(10)22(19,20)16-9-14(3-5-15-6-4-14)8-11(16)12(17)18/h2,7,11,15H,3-6,8-9H2,1H3,(H,17,18)/t11-/m0/s1. The highest BCUT2D eigenvalue weighted by molar-refractivity contribution is 7.91. The Morgan fingerprint density at radius 1 is 1.45 bits per heavy atom. The zero-order valence-corrected chi connectivity index (χ0v) is 14.0. The maximum atomic E-state index is 12.9. The number of rotatable bonds is 3. The molecule has 0 bridgehead atoms. The molecule has 8 heteroatoms. The van der Waals surface area contributed by atoms with E-state index in [1.165, 1.54) is 4.31 Å². The molecule has 0 aromatic carbocycles. The van der Waals surface area contributed by atoms with Gasteiger partial charge >= 0.3 is 5.97 Å². The Balaban J connectivity index is 1.97. The van der Waals surface area contributed by atoms with Gasteiger partial charge in [-0.05, 0) is 61.7 Å². The fraction of sp³-hybridized carbons (Fsp3) is 0.643. The van der Waals surface area contributed by atoms with E-state index in [1.807, 2.05) is 0 Å². The third-order valence-electron chi connectivity index (χ3n) is 4.77. The highest BCUT2D eigenvalue weighted by Gasteiger charge is 2.52. The summed E-state index contributed by atoms with van der Waals surface area (Å²) in [5.41, 5.74) is 0.479. The van der Waals surface area contributed by atoms with Crippen LogP contribution in [0.15, 0.2) is 15.7 Å². The molecule has 6 nitrogen and oxygen atoms in total. The number of piperidine rings is 1. The second kappa shape index (κ2) is 5.59. The number of aliphatic carboxylic acids is 1. The van der Waals surface area contributed by atoms with Gasteiger partial charge in [0.1, 0.15) is 10.3 Å². The van der Waals surface area contributed by atoms with Gasteiger partial charge in [-0.3, -0.25) is 4.79 Å². The number of aryl methyl sites for hydroxylation is 1. The molecule has 0 saturated carbocycles. The van der Waals surface area contributed by atoms with Crippen LogP contribution in [0.4, 0.5) is 0 Å². The molecule has 2 fully saturated rings. The molecule has 3 rings (SSSR count). The SMILES string of the molecule is Cc1ccsc1S(=O)(=O)N1CC2(CCNCC2)C[C@H]1C(=O)O. The third kappa shape index (κ3) is 2.58. The molecule has 1 atom stereocenters. The maximum absolute atomic E-state index is 12.9. The molecule has 2 saturated heterocycles. The van der Waals surface area contributed by atoms with Crippen molar-refractivity contribution in [2.24, 2.45) is 5.41 Å². The van der Waals surface area contributed by atoms with Crippen LogP contribution in [0.25, 0.3) is 0 Å². The molecule has 1 aromatic rings. The second-order valence-corrected chi connectivity index (χ2v) is 9.25. The zero-order valence-electron chi connectivity index (χ0n) is 12.4. The first-order valence-corrected chi connectivity index (χ1v) is 9.67. The molecule has 2 aliphatic rings. The van der Waals surface area contributed by atoms with Crippen molar-refractivity contribution < 1.29 is 18.3 Å². The van der Waals surface area contributed by atoms with Gasteiger partial charge in [0.2, 0.25) is 0 Å². The quantitative estimate of drug-likeness (QED) is 0.862. The molecular formula is C14H20N2O4S2. The summed E-state index contributed by atoms with van der Waals surface area (Å²) in [6.07, 6.45) is 2.06. The summed E-state index contributed by atoms with van der Waals surface area (Å²) in [5, 5.41) is 14.5. The minimum atomic E-state index is -3.74. The largest absolute Gasteiger partial charge is 0.480 e. The van der Waals surface area contributed by atoms with Crippen molar-refractivity contribution in [3.8, 4) is 0 Å². The van der Waals surface area contributed by atoms with Gasteiger partial charge in [-0.1, -0.05) is 0 Å². The molecule has 0 amide bonds. The highest BCUT2D eigenvalue weighted by atomic mass is 32.2. The molecule has 1 spiro atoms. The maximum Gasteiger partial charge on any atom is 0.322 e. The highest BCUT2D eigenvalue weighted by Crippen LogP contribution is 2.44. The number of nitrogens with zero attached hydrogens (tertiary/aromatic N) is 1. The van der Waals surface area contributed by atoms with E-state index < -0.39 is 22.0 Å². The molecule has 0 aliphatic carbocycles. The van der Waals surface area contributed by atoms with E-state index in [0.29, 0.717) is 18.5 Å². The van der Waals surface area contributed by atoms with Gasteiger partial charge in [0.05, 0.1) is 0 Å². The van der Waals surface area contributed by atoms with Crippen molar-refractivity contribution in [2.45, 2.75) is 36.4 Å². The Labute approximate surface area is 134 Å². The predicted octanol–water partition coefficient (Wildman–Crippen LogP) is 1.27. The van der Waals surface area contributed by atoms with E-state index in [9.17, 15) is 18.3 Å². The van der Waals surface area contributed by atoms with Crippen molar-refractivity contribution in [3.63, 3.8) is 0 Å². The van der Waals surface area contributed by atoms with E-state index in [2.05, 4.69) is 5.32 Å². The lowest BCUT2D eigenvalue weighted by atomic mass is 9.77. The molecule has 122 valence electrons. The number of sulfonamides is 1. The van der Waals surface area contributed by atoms with Gasteiger partial charge < -0.3 is 10.4 Å². The summed E-state index contributed by atoms with van der Waals surface area (Å²) in [4.78, 5) is 11.6. The van der Waals surface area contributed by atoms with Crippen molar-refractivity contribution >= 4 is 27.3 Å². The van der Waals surface area contributed by atoms with Crippen LogP contribution in [-0.4, -0.2) is 49.5 Å². The number of hydrogen-bond donors (Lipinski definition) is 2. The first-order chi connectivity index (χ1) is 10.4. The molecule has 0 radical (unpaired) electrons. The smallest absolute Gasteiger partial charge is 0.322 e. The van der Waals surface area contributed by atoms with E-state index in [4.69, 9.17) is 0 Å². The van der Waals surface area contributed by atoms with Gasteiger partial charge in [-0.2, -0.15) is 4.31 Å². The van der Waals surface area contributed by atoms with Crippen LogP contribution in [0.3, 0.4) is 0 Å². The van der Waals surface area contributed by atoms with Crippen molar-refractivity contribution in [2.75, 3.05) is 19.6 Å². The van der Waals surface area contributed by atoms with Gasteiger partial charge in [0.25, 0.3) is 10.0 Å². The van der Waals surface area contributed by atoms with Crippen LogP contribution in [-0.2, 0) is 14.8 Å². The van der Waals surface area contributed by atoms with E-state index in [-0.39, 0.29) is 9.62 Å². The lowest BCUT2D eigenvalue weighted by Crippen LogP contribution is -2.41. The average Bonchev–Trinajstić information content (AvgIpc) is 3.05. The Morgan fingerprint density at radius 3 is 2.68 bits per heavy atom. The van der Waals surface area contributed by atoms with Crippen LogP contribution in [0.2, 0.25) is 0 Å². The van der Waals surface area contributed by atoms with Crippen LogP contribution in [0, 0.1) is 12.3 Å². The normalized spacial score (nSPS) is 25.6. The number of carboxylic acids is 1. The monoisotopic (exact) mass is 344 g/mol. The van der Waals surface area contributed by atoms with E-state index in [1.54, 1.807) is 18.4 Å². The number of hydrogen-bond acceptors (Lipinski definition) is 5. The zero-order chi connectivity index (χ0) is 16.0. The molecule has 2 aliphatic heterocycles. The van der Waals surface area contributed by atoms with Crippen LogP contribution < -0.4 is 5.32 Å². The average molecular weight is 344 g/mol. The second-order valence-electron chi connectivity index (χ2n) is 6.25. The Morgan fingerprint density at radius 2 is 2.14 bits per heavy atom. The fourth-order valence-corrected chi connectivity index (χ4v) is 6.75.